The normalized spacial score (nSPS) is 19.2. The van der Waals surface area contributed by atoms with Gasteiger partial charge in [0.1, 0.15) is 0 Å². The van der Waals surface area contributed by atoms with Gasteiger partial charge in [0, 0.05) is 65.7 Å². The van der Waals surface area contributed by atoms with Gasteiger partial charge in [-0.25, -0.2) is 0 Å². The van der Waals surface area contributed by atoms with Gasteiger partial charge in [-0.3, -0.25) is 0 Å². The maximum Gasteiger partial charge on any atom is 0.252 e. The molecule has 3 heterocycles. The Bertz CT molecular complexity index is 4170. The minimum absolute atomic E-state index is 0.00361. The Morgan fingerprint density at radius 3 is 1.21 bits per heavy atom. The van der Waals surface area contributed by atoms with Crippen molar-refractivity contribution in [3.63, 3.8) is 0 Å². The maximum absolute atomic E-state index is 2.76. The largest absolute Gasteiger partial charge is 0.311 e. The van der Waals surface area contributed by atoms with Crippen molar-refractivity contribution in [2.75, 3.05) is 14.7 Å². The summed E-state index contributed by atoms with van der Waals surface area (Å²) in [5.41, 5.74) is 26.9. The van der Waals surface area contributed by atoms with Crippen LogP contribution in [-0.4, -0.2) is 6.71 Å². The molecule has 8 aromatic carbocycles. The Morgan fingerprint density at radius 2 is 0.753 bits per heavy atom. The molecule has 0 radical (unpaired) electrons. The summed E-state index contributed by atoms with van der Waals surface area (Å²) in [5, 5.41) is 2.63. The highest BCUT2D eigenvalue weighted by molar-refractivity contribution is 7.25. The van der Waals surface area contributed by atoms with E-state index < -0.39 is 0 Å². The molecule has 0 bridgehead atoms. The predicted octanol–water partition coefficient (Wildman–Crippen LogP) is 21.2. The lowest BCUT2D eigenvalue weighted by Gasteiger charge is -2.49. The molecule has 0 atom stereocenters. The molecule has 0 N–H and O–H groups in total. The van der Waals surface area contributed by atoms with Crippen LogP contribution in [0.25, 0.3) is 20.2 Å². The molecule has 85 heavy (non-hydrogen) atoms. The Labute approximate surface area is 514 Å². The first-order valence-corrected chi connectivity index (χ1v) is 32.9. The van der Waals surface area contributed by atoms with Crippen LogP contribution < -0.4 is 31.1 Å². The summed E-state index contributed by atoms with van der Waals surface area (Å²) in [6.07, 6.45) is 6.94. The van der Waals surface area contributed by atoms with Crippen LogP contribution in [0.5, 0.6) is 0 Å². The van der Waals surface area contributed by atoms with Crippen LogP contribution >= 0.6 is 11.3 Å². The van der Waals surface area contributed by atoms with Gasteiger partial charge in [0.2, 0.25) is 0 Å². The highest BCUT2D eigenvalue weighted by Crippen LogP contribution is 2.56. The Kier molecular flexibility index (Phi) is 12.2. The molecule has 5 heteroatoms. The van der Waals surface area contributed by atoms with E-state index in [0.717, 1.165) is 49.2 Å². The van der Waals surface area contributed by atoms with E-state index in [-0.39, 0.29) is 50.0 Å². The fourth-order valence-corrected chi connectivity index (χ4v) is 17.1. The summed E-state index contributed by atoms with van der Waals surface area (Å²) in [6.45, 7) is 43.9. The quantitative estimate of drug-likeness (QED) is 0.159. The second-order valence-corrected chi connectivity index (χ2v) is 33.7. The van der Waals surface area contributed by atoms with Crippen LogP contribution in [0.15, 0.2) is 146 Å². The van der Waals surface area contributed by atoms with Crippen molar-refractivity contribution in [1.82, 2.24) is 0 Å². The van der Waals surface area contributed by atoms with E-state index >= 15 is 0 Å². The minimum Gasteiger partial charge on any atom is -0.311 e. The zero-order valence-electron chi connectivity index (χ0n) is 54.4. The first-order valence-electron chi connectivity index (χ1n) is 32.1. The van der Waals surface area contributed by atoms with E-state index in [1.165, 1.54) is 122 Å². The van der Waals surface area contributed by atoms with Crippen molar-refractivity contribution >= 4 is 106 Å². The van der Waals surface area contributed by atoms with Gasteiger partial charge < -0.3 is 14.7 Å². The van der Waals surface area contributed by atoms with Crippen LogP contribution in [-0.2, 0) is 43.3 Å². The second kappa shape index (κ2) is 18.5. The first kappa shape index (κ1) is 56.3. The van der Waals surface area contributed by atoms with Gasteiger partial charge in [0.05, 0.1) is 5.69 Å². The number of benzene rings is 8. The topological polar surface area (TPSA) is 9.72 Å². The standard InChI is InChI=1S/C80H90BN3S/c1-73(2,3)49-23-27-51(28-24-49)82(52-29-25-50(26-30-52)74(4,5)6)55-43-68-72-69(44-55)84(54-31-33-58-59(42-54)76(9,10)36-35-75(58,7)8)67-48-63-61(78(13,14)38-40-80(63,17)18)46-65(67)81(72)64-45-60-62(79(15,16)39-37-77(60,11)12)47-66(64)83(68)53-32-34-71-57(41-53)56-21-19-20-22-70(56)85-71/h19-34,41-48H,35-40H2,1-18H3. The van der Waals surface area contributed by atoms with E-state index in [9.17, 15) is 0 Å². The molecule has 14 rings (SSSR count). The summed E-state index contributed by atoms with van der Waals surface area (Å²) in [6, 6.07) is 59.1. The molecular formula is C80H90BN3S. The first-order chi connectivity index (χ1) is 39.8. The van der Waals surface area contributed by atoms with Gasteiger partial charge in [-0.1, -0.05) is 185 Å². The SMILES string of the molecule is CC(C)(C)c1ccc(N(c2ccc(C(C)(C)C)cc2)c2cc3c4c(c2)N(c2ccc5sc6ccccc6c5c2)c2cc5c(cc2B4c2cc4c(cc2N3c2ccc3c(c2)C(C)(C)CCC3(C)C)C(C)(C)CCC4(C)C)C(C)(C)CCC5(C)C)cc1. The number of rotatable bonds is 5. The molecule has 0 fully saturated rings. The minimum atomic E-state index is -0.0434. The molecule has 9 aromatic rings. The molecule has 0 unspecified atom stereocenters. The summed E-state index contributed by atoms with van der Waals surface area (Å²) in [4.78, 5) is 8.06. The fraction of sp³-hybridized carbons (Fsp3) is 0.400. The van der Waals surface area contributed by atoms with Crippen LogP contribution in [0.1, 0.15) is 208 Å². The predicted molar refractivity (Wildman–Crippen MR) is 371 cm³/mol. The van der Waals surface area contributed by atoms with Gasteiger partial charge in [-0.2, -0.15) is 0 Å². The van der Waals surface area contributed by atoms with Crippen LogP contribution in [0, 0.1) is 0 Å². The molecule has 0 saturated carbocycles. The number of fused-ring (bicyclic) bond motifs is 10. The van der Waals surface area contributed by atoms with Crippen molar-refractivity contribution in [2.24, 2.45) is 0 Å². The lowest BCUT2D eigenvalue weighted by molar-refractivity contribution is 0.332. The second-order valence-electron chi connectivity index (χ2n) is 32.7. The van der Waals surface area contributed by atoms with Crippen LogP contribution in [0.2, 0.25) is 0 Å². The molecule has 3 nitrogen and oxygen atoms in total. The summed E-state index contributed by atoms with van der Waals surface area (Å²) < 4.78 is 2.65. The smallest absolute Gasteiger partial charge is 0.252 e. The van der Waals surface area contributed by atoms with Gasteiger partial charge in [-0.05, 0) is 228 Å². The lowest BCUT2D eigenvalue weighted by Crippen LogP contribution is -2.62. The Hall–Kier alpha value is -6.56. The highest BCUT2D eigenvalue weighted by Gasteiger charge is 2.50. The number of hydrogen-bond donors (Lipinski definition) is 0. The van der Waals surface area contributed by atoms with Crippen molar-refractivity contribution in [1.29, 1.82) is 0 Å². The molecule has 1 aromatic heterocycles. The highest BCUT2D eigenvalue weighted by atomic mass is 32.1. The molecule has 3 aliphatic carbocycles. The number of anilines is 9. The fourth-order valence-electron chi connectivity index (χ4n) is 16.0. The zero-order chi connectivity index (χ0) is 60.1. The number of thiophene rings is 1. The molecule has 0 spiro atoms. The van der Waals surface area contributed by atoms with Crippen molar-refractivity contribution in [2.45, 2.75) is 206 Å². The third kappa shape index (κ3) is 8.83. The van der Waals surface area contributed by atoms with Crippen molar-refractivity contribution < 1.29 is 0 Å². The Morgan fingerprint density at radius 1 is 0.365 bits per heavy atom. The molecule has 0 amide bonds. The Balaban J connectivity index is 1.16. The van der Waals surface area contributed by atoms with Crippen molar-refractivity contribution in [3.05, 3.63) is 190 Å². The monoisotopic (exact) mass is 1140 g/mol. The van der Waals surface area contributed by atoms with E-state index in [0.29, 0.717) is 0 Å². The maximum atomic E-state index is 2.76. The summed E-state index contributed by atoms with van der Waals surface area (Å²) in [5.74, 6) is 0. The van der Waals surface area contributed by atoms with E-state index in [4.69, 9.17) is 0 Å². The van der Waals surface area contributed by atoms with Gasteiger partial charge in [-0.15, -0.1) is 11.3 Å². The molecular weight excluding hydrogens is 1050 g/mol. The van der Waals surface area contributed by atoms with Crippen molar-refractivity contribution in [3.8, 4) is 0 Å². The van der Waals surface area contributed by atoms with E-state index in [2.05, 4.69) is 285 Å². The van der Waals surface area contributed by atoms with E-state index in [1.54, 1.807) is 0 Å². The summed E-state index contributed by atoms with van der Waals surface area (Å²) in [7, 11) is 0. The van der Waals surface area contributed by atoms with Gasteiger partial charge in [0.25, 0.3) is 6.71 Å². The zero-order valence-corrected chi connectivity index (χ0v) is 55.2. The third-order valence-electron chi connectivity index (χ3n) is 21.9. The van der Waals surface area contributed by atoms with Gasteiger partial charge in [0.15, 0.2) is 0 Å². The lowest BCUT2D eigenvalue weighted by atomic mass is 9.32. The molecule has 434 valence electrons. The van der Waals surface area contributed by atoms with Crippen LogP contribution in [0.4, 0.5) is 51.2 Å². The van der Waals surface area contributed by atoms with E-state index in [1.807, 2.05) is 11.3 Å². The molecule has 2 aliphatic heterocycles. The average molecular weight is 1140 g/mol. The average Bonchev–Trinajstić information content (AvgIpc) is 0.953. The summed E-state index contributed by atoms with van der Waals surface area (Å²) >= 11 is 1.91. The molecule has 0 saturated heterocycles. The third-order valence-corrected chi connectivity index (χ3v) is 23.1. The van der Waals surface area contributed by atoms with Gasteiger partial charge >= 0.3 is 0 Å². The number of nitrogens with zero attached hydrogens (tertiary/aromatic N) is 3. The molecule has 5 aliphatic rings. The van der Waals surface area contributed by atoms with Crippen LogP contribution in [0.3, 0.4) is 0 Å². The number of hydrogen-bond acceptors (Lipinski definition) is 4.